The molecule has 5 aromatic carbocycles. The second-order valence-electron chi connectivity index (χ2n) is 12.7. The number of amides is 4. The molecule has 2 heterocycles. The third kappa shape index (κ3) is 6.36. The van der Waals surface area contributed by atoms with Crippen molar-refractivity contribution < 1.29 is 29.0 Å². The summed E-state index contributed by atoms with van der Waals surface area (Å²) in [7, 11) is 0. The Morgan fingerprint density at radius 3 is 1.63 bits per heavy atom. The molecule has 0 saturated carbocycles. The van der Waals surface area contributed by atoms with Gasteiger partial charge < -0.3 is 5.32 Å². The number of carbonyl (C=O) groups excluding carboxylic acids is 4. The van der Waals surface area contributed by atoms with Crippen molar-refractivity contribution in [3.05, 3.63) is 139 Å². The molecular formula is C38H32N6O8. The van der Waals surface area contributed by atoms with Gasteiger partial charge in [0.25, 0.3) is 35.0 Å². The molecule has 52 heavy (non-hydrogen) atoms. The van der Waals surface area contributed by atoms with E-state index in [1.807, 2.05) is 30.3 Å². The molecule has 0 fully saturated rings. The molecule has 2 aliphatic heterocycles. The molecule has 0 saturated heterocycles. The average Bonchev–Trinajstić information content (AvgIpc) is 3.14. The first kappa shape index (κ1) is 34.1. The van der Waals surface area contributed by atoms with Gasteiger partial charge in [0.05, 0.1) is 21.0 Å². The predicted octanol–water partition coefficient (Wildman–Crippen LogP) is 5.18. The molecule has 0 spiro atoms. The maximum atomic E-state index is 13.6. The van der Waals surface area contributed by atoms with Crippen LogP contribution in [-0.4, -0.2) is 87.4 Å². The first-order valence-electron chi connectivity index (χ1n) is 16.7. The van der Waals surface area contributed by atoms with E-state index in [0.717, 1.165) is 15.4 Å². The number of hydrogen-bond acceptors (Lipinski definition) is 10. The number of hydrogen-bond donors (Lipinski definition) is 1. The maximum absolute atomic E-state index is 13.6. The molecule has 2 aliphatic rings. The summed E-state index contributed by atoms with van der Waals surface area (Å²) in [6.07, 6.45) is 0.652. The Morgan fingerprint density at radius 1 is 0.577 bits per heavy atom. The maximum Gasteiger partial charge on any atom is 0.270 e. The lowest BCUT2D eigenvalue weighted by Crippen LogP contribution is -2.45. The Morgan fingerprint density at radius 2 is 1.10 bits per heavy atom. The van der Waals surface area contributed by atoms with E-state index in [9.17, 15) is 39.4 Å². The van der Waals surface area contributed by atoms with Crippen LogP contribution in [-0.2, 0) is 6.54 Å². The Kier molecular flexibility index (Phi) is 9.24. The van der Waals surface area contributed by atoms with Gasteiger partial charge in [-0.05, 0) is 48.0 Å². The first-order chi connectivity index (χ1) is 25.1. The third-order valence-corrected chi connectivity index (χ3v) is 9.48. The molecule has 0 aromatic heterocycles. The number of nitrogens with one attached hydrogen (secondary N) is 1. The van der Waals surface area contributed by atoms with E-state index in [0.29, 0.717) is 71.8 Å². The number of benzene rings is 5. The van der Waals surface area contributed by atoms with Crippen molar-refractivity contribution in [1.82, 2.24) is 20.0 Å². The van der Waals surface area contributed by atoms with Crippen molar-refractivity contribution >= 4 is 56.5 Å². The Hall–Kier alpha value is -6.38. The fourth-order valence-electron chi connectivity index (χ4n) is 7.00. The molecule has 7 rings (SSSR count). The molecule has 14 heteroatoms. The normalized spacial score (nSPS) is 13.9. The summed E-state index contributed by atoms with van der Waals surface area (Å²) in [5.41, 5.74) is 1.49. The van der Waals surface area contributed by atoms with Gasteiger partial charge in [-0.15, -0.1) is 0 Å². The van der Waals surface area contributed by atoms with Crippen molar-refractivity contribution in [3.8, 4) is 0 Å². The van der Waals surface area contributed by atoms with Gasteiger partial charge in [-0.25, -0.2) is 0 Å². The molecular weight excluding hydrogens is 668 g/mol. The molecule has 0 unspecified atom stereocenters. The lowest BCUT2D eigenvalue weighted by Gasteiger charge is -2.30. The summed E-state index contributed by atoms with van der Waals surface area (Å²) in [5, 5.41) is 28.1. The molecule has 14 nitrogen and oxygen atoms in total. The number of non-ortho nitro benzene ring substituents is 2. The van der Waals surface area contributed by atoms with Gasteiger partial charge in [0, 0.05) is 78.9 Å². The van der Waals surface area contributed by atoms with Crippen LogP contribution in [0.1, 0.15) is 53.4 Å². The van der Waals surface area contributed by atoms with Crippen molar-refractivity contribution in [2.45, 2.75) is 13.0 Å². The summed E-state index contributed by atoms with van der Waals surface area (Å²) < 4.78 is 0. The molecule has 5 aromatic rings. The Labute approximate surface area is 296 Å². The molecule has 262 valence electrons. The van der Waals surface area contributed by atoms with Gasteiger partial charge >= 0.3 is 0 Å². The monoisotopic (exact) mass is 700 g/mol. The van der Waals surface area contributed by atoms with Gasteiger partial charge in [-0.3, -0.25) is 54.1 Å². The van der Waals surface area contributed by atoms with E-state index < -0.39 is 33.5 Å². The standard InChI is InChI=1S/C38H32N6O8/c45-35-29-11-4-9-25-19-27(43(49)50)21-31(33(25)29)37(47)41(35)16-14-39-13-6-15-40(23-24-7-2-1-3-8-24)17-18-42-36(46)30-12-5-10-26-20-28(44(51)52)22-32(34(26)30)38(42)48/h1-5,7-12,19-22,39H,6,13-18,23H2. The lowest BCUT2D eigenvalue weighted by atomic mass is 9.93. The fourth-order valence-corrected chi connectivity index (χ4v) is 7.00. The smallest absolute Gasteiger partial charge is 0.270 e. The van der Waals surface area contributed by atoms with E-state index in [-0.39, 0.29) is 35.6 Å². The van der Waals surface area contributed by atoms with E-state index in [1.165, 1.54) is 24.3 Å². The fraction of sp³-hybridized carbons (Fsp3) is 0.211. The highest BCUT2D eigenvalue weighted by atomic mass is 16.6. The largest absolute Gasteiger partial charge is 0.315 e. The van der Waals surface area contributed by atoms with Gasteiger partial charge in [0.1, 0.15) is 0 Å². The highest BCUT2D eigenvalue weighted by Gasteiger charge is 2.35. The van der Waals surface area contributed by atoms with Crippen LogP contribution in [0.25, 0.3) is 21.5 Å². The first-order valence-corrected chi connectivity index (χ1v) is 16.7. The number of imide groups is 2. The van der Waals surface area contributed by atoms with Crippen molar-refractivity contribution in [1.29, 1.82) is 0 Å². The van der Waals surface area contributed by atoms with Gasteiger partial charge in [-0.2, -0.15) is 0 Å². The van der Waals surface area contributed by atoms with E-state index in [4.69, 9.17) is 0 Å². The highest BCUT2D eigenvalue weighted by molar-refractivity contribution is 6.26. The van der Waals surface area contributed by atoms with Gasteiger partial charge in [0.15, 0.2) is 0 Å². The van der Waals surface area contributed by atoms with Gasteiger partial charge in [0.2, 0.25) is 0 Å². The SMILES string of the molecule is O=C1c2cccc3cc([N+](=O)[O-])cc(c23)C(=O)N1CCNCCCN(CCN1C(=O)c2cccc3cc([N+](=O)[O-])cc(c23)C1=O)Cc1ccccc1. The van der Waals surface area contributed by atoms with Crippen molar-refractivity contribution in [2.24, 2.45) is 0 Å². The minimum absolute atomic E-state index is 0.0650. The Balaban J connectivity index is 0.985. The van der Waals surface area contributed by atoms with Crippen LogP contribution in [0.15, 0.2) is 91.0 Å². The van der Waals surface area contributed by atoms with E-state index >= 15 is 0 Å². The quantitative estimate of drug-likeness (QED) is 0.0703. The van der Waals surface area contributed by atoms with Crippen LogP contribution in [0.5, 0.6) is 0 Å². The summed E-state index contributed by atoms with van der Waals surface area (Å²) in [5.74, 6) is -2.06. The summed E-state index contributed by atoms with van der Waals surface area (Å²) in [6, 6.07) is 24.7. The molecule has 0 radical (unpaired) electrons. The van der Waals surface area contributed by atoms with Crippen LogP contribution < -0.4 is 5.32 Å². The van der Waals surface area contributed by atoms with E-state index in [1.54, 1.807) is 36.4 Å². The van der Waals surface area contributed by atoms with Crippen molar-refractivity contribution in [3.63, 3.8) is 0 Å². The number of carbonyl (C=O) groups is 4. The zero-order valence-electron chi connectivity index (χ0n) is 27.8. The molecule has 0 bridgehead atoms. The summed E-state index contributed by atoms with van der Waals surface area (Å²) >= 11 is 0. The van der Waals surface area contributed by atoms with E-state index in [2.05, 4.69) is 10.2 Å². The predicted molar refractivity (Wildman–Crippen MR) is 191 cm³/mol. The molecule has 1 N–H and O–H groups in total. The van der Waals surface area contributed by atoms with Crippen LogP contribution in [0.4, 0.5) is 11.4 Å². The molecule has 4 amide bonds. The van der Waals surface area contributed by atoms with Gasteiger partial charge in [-0.1, -0.05) is 54.6 Å². The minimum atomic E-state index is -0.580. The number of nitrogens with zero attached hydrogens (tertiary/aromatic N) is 5. The highest BCUT2D eigenvalue weighted by Crippen LogP contribution is 2.35. The molecule has 0 aliphatic carbocycles. The average molecular weight is 701 g/mol. The topological polar surface area (TPSA) is 176 Å². The Bertz CT molecular complexity index is 2310. The second-order valence-corrected chi connectivity index (χ2v) is 12.7. The number of rotatable bonds is 14. The summed E-state index contributed by atoms with van der Waals surface area (Å²) in [4.78, 5) is 80.1. The number of nitro benzene ring substituents is 2. The zero-order valence-corrected chi connectivity index (χ0v) is 27.8. The van der Waals surface area contributed by atoms with Crippen molar-refractivity contribution in [2.75, 3.05) is 39.3 Å². The second kappa shape index (κ2) is 14.1. The van der Waals surface area contributed by atoms with Crippen LogP contribution >= 0.6 is 0 Å². The zero-order chi connectivity index (χ0) is 36.5. The molecule has 0 atom stereocenters. The minimum Gasteiger partial charge on any atom is -0.315 e. The van der Waals surface area contributed by atoms with Crippen LogP contribution in [0.2, 0.25) is 0 Å². The van der Waals surface area contributed by atoms with Crippen LogP contribution in [0.3, 0.4) is 0 Å². The lowest BCUT2D eigenvalue weighted by molar-refractivity contribution is -0.384. The summed E-state index contributed by atoms with van der Waals surface area (Å²) in [6.45, 7) is 2.43. The van der Waals surface area contributed by atoms with Crippen LogP contribution in [0, 0.1) is 20.2 Å². The number of nitro groups is 2. The third-order valence-electron chi connectivity index (χ3n) is 9.48.